The first-order chi connectivity index (χ1) is 10.3. The van der Waals surface area contributed by atoms with Gasteiger partial charge in [-0.1, -0.05) is 19.3 Å². The van der Waals surface area contributed by atoms with Crippen LogP contribution in [0.1, 0.15) is 48.9 Å². The summed E-state index contributed by atoms with van der Waals surface area (Å²) in [6.45, 7) is 0.307. The van der Waals surface area contributed by atoms with Gasteiger partial charge < -0.3 is 14.8 Å². The Bertz CT molecular complexity index is 540. The lowest BCUT2D eigenvalue weighted by molar-refractivity contribution is -0.135. The van der Waals surface area contributed by atoms with Crippen LogP contribution in [0.2, 0.25) is 0 Å². The number of carbonyl (C=O) groups is 1. The van der Waals surface area contributed by atoms with Crippen LogP contribution in [-0.2, 0) is 0 Å². The Labute approximate surface area is 125 Å². The van der Waals surface area contributed by atoms with Crippen molar-refractivity contribution in [1.82, 2.24) is 4.98 Å². The first-order valence-corrected chi connectivity index (χ1v) is 6.95. The van der Waals surface area contributed by atoms with Crippen molar-refractivity contribution in [1.29, 1.82) is 0 Å². The Hall–Kier alpha value is -1.99. The summed E-state index contributed by atoms with van der Waals surface area (Å²) >= 11 is 0. The zero-order valence-corrected chi connectivity index (χ0v) is 11.9. The molecule has 8 heteroatoms. The Morgan fingerprint density at radius 3 is 2.41 bits per heavy atom. The second-order valence-corrected chi connectivity index (χ2v) is 4.86. The average Bonchev–Trinajstić information content (AvgIpc) is 2.40. The quantitative estimate of drug-likeness (QED) is 0.684. The molecule has 0 aliphatic rings. The van der Waals surface area contributed by atoms with E-state index in [1.165, 1.54) is 0 Å². The average molecular weight is 321 g/mol. The number of halogens is 3. The van der Waals surface area contributed by atoms with Crippen LogP contribution < -0.4 is 10.2 Å². The van der Waals surface area contributed by atoms with Gasteiger partial charge in [0.05, 0.1) is 6.61 Å². The predicted octanol–water partition coefficient (Wildman–Crippen LogP) is 3.35. The van der Waals surface area contributed by atoms with Gasteiger partial charge in [-0.05, 0) is 12.8 Å². The Kier molecular flexibility index (Phi) is 6.94. The number of hydrogen-bond acceptors (Lipinski definition) is 3. The van der Waals surface area contributed by atoms with Crippen molar-refractivity contribution < 1.29 is 27.8 Å². The van der Waals surface area contributed by atoms with Crippen LogP contribution in [0.5, 0.6) is 5.88 Å². The van der Waals surface area contributed by atoms with Crippen LogP contribution >= 0.6 is 0 Å². The second-order valence-electron chi connectivity index (χ2n) is 4.86. The van der Waals surface area contributed by atoms with Crippen LogP contribution in [0.4, 0.5) is 13.2 Å². The largest absolute Gasteiger partial charge is 0.479 e. The lowest BCUT2D eigenvalue weighted by Gasteiger charge is -2.07. The van der Waals surface area contributed by atoms with Gasteiger partial charge in [-0.2, -0.15) is 13.2 Å². The third-order valence-electron chi connectivity index (χ3n) is 2.98. The molecule has 0 spiro atoms. The van der Waals surface area contributed by atoms with Crippen LogP contribution in [0.3, 0.4) is 0 Å². The Morgan fingerprint density at radius 2 is 1.82 bits per heavy atom. The standard InChI is InChI=1S/C14H18F3NO4/c15-14(16,17)6-4-2-1-3-5-7-22-12-8-11(19)10(9-18-12)13(20)21/h8-9H,1-7H2,(H,18,19)(H,20,21). The van der Waals surface area contributed by atoms with E-state index in [9.17, 15) is 22.8 Å². The van der Waals surface area contributed by atoms with E-state index in [4.69, 9.17) is 9.84 Å². The molecule has 124 valence electrons. The second kappa shape index (κ2) is 8.45. The molecule has 0 saturated carbocycles. The number of ether oxygens (including phenoxy) is 1. The fraction of sp³-hybridized carbons (Fsp3) is 0.571. The Balaban J connectivity index is 2.16. The minimum absolute atomic E-state index is 0.133. The third-order valence-corrected chi connectivity index (χ3v) is 2.98. The number of alkyl halides is 3. The molecule has 0 radical (unpaired) electrons. The lowest BCUT2D eigenvalue weighted by Crippen LogP contribution is -2.15. The molecule has 1 rings (SSSR count). The lowest BCUT2D eigenvalue weighted by atomic mass is 10.1. The smallest absolute Gasteiger partial charge is 0.389 e. The van der Waals surface area contributed by atoms with Crippen molar-refractivity contribution >= 4 is 5.97 Å². The zero-order chi connectivity index (χ0) is 16.6. The highest BCUT2D eigenvalue weighted by Crippen LogP contribution is 2.23. The molecule has 1 aromatic heterocycles. The molecule has 0 bridgehead atoms. The topological polar surface area (TPSA) is 79.4 Å². The summed E-state index contributed by atoms with van der Waals surface area (Å²) in [5.41, 5.74) is -1.01. The summed E-state index contributed by atoms with van der Waals surface area (Å²) in [6.07, 6.45) is -1.05. The van der Waals surface area contributed by atoms with Gasteiger partial charge in [0, 0.05) is 18.7 Å². The summed E-state index contributed by atoms with van der Waals surface area (Å²) in [7, 11) is 0. The minimum Gasteiger partial charge on any atom is -0.479 e. The summed E-state index contributed by atoms with van der Waals surface area (Å²) in [5.74, 6) is -1.14. The normalized spacial score (nSPS) is 11.4. The van der Waals surface area contributed by atoms with Crippen molar-refractivity contribution in [2.45, 2.75) is 44.7 Å². The van der Waals surface area contributed by atoms with Crippen molar-refractivity contribution in [3.8, 4) is 5.88 Å². The molecular weight excluding hydrogens is 303 g/mol. The molecule has 1 heterocycles. The number of H-pyrrole nitrogens is 1. The molecule has 0 fully saturated rings. The van der Waals surface area contributed by atoms with E-state index >= 15 is 0 Å². The van der Waals surface area contributed by atoms with Crippen LogP contribution in [0.15, 0.2) is 17.1 Å². The number of aromatic nitrogens is 1. The zero-order valence-electron chi connectivity index (χ0n) is 11.9. The van der Waals surface area contributed by atoms with Gasteiger partial charge in [-0.3, -0.25) is 4.79 Å². The van der Waals surface area contributed by atoms with Crippen molar-refractivity contribution in [2.24, 2.45) is 0 Å². The van der Waals surface area contributed by atoms with Gasteiger partial charge in [0.25, 0.3) is 0 Å². The number of nitrogens with one attached hydrogen (secondary N) is 1. The molecule has 5 nitrogen and oxygen atoms in total. The molecule has 0 aliphatic heterocycles. The molecule has 0 aromatic carbocycles. The van der Waals surface area contributed by atoms with E-state index in [0.717, 1.165) is 18.7 Å². The van der Waals surface area contributed by atoms with Gasteiger partial charge in [0.1, 0.15) is 5.56 Å². The van der Waals surface area contributed by atoms with Crippen molar-refractivity contribution in [3.63, 3.8) is 0 Å². The number of pyridine rings is 1. The number of hydrogen-bond donors (Lipinski definition) is 2. The molecular formula is C14H18F3NO4. The monoisotopic (exact) mass is 321 g/mol. The highest BCUT2D eigenvalue weighted by atomic mass is 19.4. The fourth-order valence-corrected chi connectivity index (χ4v) is 1.84. The molecule has 0 amide bonds. The summed E-state index contributed by atoms with van der Waals surface area (Å²) in [4.78, 5) is 24.6. The number of carboxylic acid groups (broad SMARTS) is 1. The molecule has 1 aromatic rings. The number of unbranched alkanes of at least 4 members (excludes halogenated alkanes) is 4. The number of rotatable bonds is 9. The predicted molar refractivity (Wildman–Crippen MR) is 73.3 cm³/mol. The highest BCUT2D eigenvalue weighted by Gasteiger charge is 2.25. The third kappa shape index (κ3) is 7.14. The van der Waals surface area contributed by atoms with E-state index in [-0.39, 0.29) is 17.9 Å². The van der Waals surface area contributed by atoms with Crippen molar-refractivity contribution in [3.05, 3.63) is 28.0 Å². The molecule has 0 atom stereocenters. The van der Waals surface area contributed by atoms with Gasteiger partial charge in [0.2, 0.25) is 0 Å². The van der Waals surface area contributed by atoms with Crippen LogP contribution in [-0.4, -0.2) is 28.8 Å². The number of aromatic amines is 1. The maximum atomic E-state index is 11.9. The first kappa shape index (κ1) is 18.1. The fourth-order valence-electron chi connectivity index (χ4n) is 1.84. The van der Waals surface area contributed by atoms with E-state index < -0.39 is 24.0 Å². The minimum atomic E-state index is -4.09. The SMILES string of the molecule is O=C(O)c1c[nH]c(OCCCCCCCC(F)(F)F)cc1=O. The van der Waals surface area contributed by atoms with Crippen molar-refractivity contribution in [2.75, 3.05) is 6.61 Å². The van der Waals surface area contributed by atoms with E-state index in [2.05, 4.69) is 4.98 Å². The number of carboxylic acids is 1. The van der Waals surface area contributed by atoms with Crippen LogP contribution in [0.25, 0.3) is 0 Å². The maximum absolute atomic E-state index is 11.9. The van der Waals surface area contributed by atoms with Crippen LogP contribution in [0, 0.1) is 0 Å². The molecule has 22 heavy (non-hydrogen) atoms. The first-order valence-electron chi connectivity index (χ1n) is 6.95. The molecule has 0 saturated heterocycles. The van der Waals surface area contributed by atoms with Gasteiger partial charge in [-0.25, -0.2) is 4.79 Å². The molecule has 2 N–H and O–H groups in total. The highest BCUT2D eigenvalue weighted by molar-refractivity contribution is 5.87. The van der Waals surface area contributed by atoms with E-state index in [1.54, 1.807) is 0 Å². The van der Waals surface area contributed by atoms with Gasteiger partial charge in [-0.15, -0.1) is 0 Å². The van der Waals surface area contributed by atoms with Gasteiger partial charge in [0.15, 0.2) is 11.3 Å². The molecule has 0 unspecified atom stereocenters. The Morgan fingerprint density at radius 1 is 1.18 bits per heavy atom. The molecule has 0 aliphatic carbocycles. The maximum Gasteiger partial charge on any atom is 0.389 e. The van der Waals surface area contributed by atoms with E-state index in [0.29, 0.717) is 25.9 Å². The summed E-state index contributed by atoms with van der Waals surface area (Å²) in [5, 5.41) is 8.69. The van der Waals surface area contributed by atoms with E-state index in [1.807, 2.05) is 0 Å². The number of aromatic carboxylic acids is 1. The van der Waals surface area contributed by atoms with Gasteiger partial charge >= 0.3 is 12.1 Å². The summed E-state index contributed by atoms with van der Waals surface area (Å²) in [6, 6.07) is 1.06. The summed E-state index contributed by atoms with van der Waals surface area (Å²) < 4.78 is 40.9.